The SMILES string of the molecule is CCOC(=O)c1coc(N(C)C(=O)COc2cc(C)cc(C)c2)n1. The summed E-state index contributed by atoms with van der Waals surface area (Å²) in [5.41, 5.74) is 2.12. The number of aromatic nitrogens is 1. The van der Waals surface area contributed by atoms with Crippen LogP contribution in [-0.2, 0) is 9.53 Å². The number of aryl methyl sites for hydroxylation is 2. The fourth-order valence-corrected chi connectivity index (χ4v) is 2.08. The molecular weight excluding hydrogens is 312 g/mol. The molecule has 0 saturated heterocycles. The van der Waals surface area contributed by atoms with E-state index >= 15 is 0 Å². The Labute approximate surface area is 140 Å². The van der Waals surface area contributed by atoms with E-state index in [0.717, 1.165) is 17.4 Å². The maximum atomic E-state index is 12.2. The number of hydrogen-bond acceptors (Lipinski definition) is 6. The molecule has 2 rings (SSSR count). The Morgan fingerprint density at radius 2 is 1.88 bits per heavy atom. The van der Waals surface area contributed by atoms with Gasteiger partial charge in [0.1, 0.15) is 12.0 Å². The van der Waals surface area contributed by atoms with Gasteiger partial charge in [0, 0.05) is 7.05 Å². The maximum absolute atomic E-state index is 12.2. The van der Waals surface area contributed by atoms with Gasteiger partial charge >= 0.3 is 12.0 Å². The van der Waals surface area contributed by atoms with Gasteiger partial charge in [0.25, 0.3) is 5.91 Å². The van der Waals surface area contributed by atoms with E-state index in [1.54, 1.807) is 6.92 Å². The molecule has 128 valence electrons. The second-order valence-corrected chi connectivity index (χ2v) is 5.30. The first-order valence-corrected chi connectivity index (χ1v) is 7.51. The van der Waals surface area contributed by atoms with E-state index in [9.17, 15) is 9.59 Å². The van der Waals surface area contributed by atoms with E-state index in [1.807, 2.05) is 32.0 Å². The molecule has 0 aliphatic carbocycles. The number of rotatable bonds is 6. The second kappa shape index (κ2) is 7.63. The highest BCUT2D eigenvalue weighted by molar-refractivity contribution is 5.93. The van der Waals surface area contributed by atoms with Gasteiger partial charge < -0.3 is 13.9 Å². The summed E-state index contributed by atoms with van der Waals surface area (Å²) in [6.07, 6.45) is 1.15. The largest absolute Gasteiger partial charge is 0.484 e. The van der Waals surface area contributed by atoms with E-state index in [4.69, 9.17) is 13.9 Å². The molecule has 0 bridgehead atoms. The summed E-state index contributed by atoms with van der Waals surface area (Å²) in [7, 11) is 1.49. The number of likely N-dealkylation sites (N-methyl/N-ethyl adjacent to an activating group) is 1. The lowest BCUT2D eigenvalue weighted by Gasteiger charge is -2.13. The van der Waals surface area contributed by atoms with E-state index in [2.05, 4.69) is 4.98 Å². The Morgan fingerprint density at radius 3 is 2.50 bits per heavy atom. The monoisotopic (exact) mass is 332 g/mol. The lowest BCUT2D eigenvalue weighted by atomic mass is 10.1. The van der Waals surface area contributed by atoms with Crippen LogP contribution in [0.25, 0.3) is 0 Å². The molecule has 7 heteroatoms. The van der Waals surface area contributed by atoms with E-state index in [0.29, 0.717) is 5.75 Å². The van der Waals surface area contributed by atoms with Crippen molar-refractivity contribution in [3.05, 3.63) is 41.3 Å². The number of anilines is 1. The molecule has 0 radical (unpaired) electrons. The Balaban J connectivity index is 1.98. The average Bonchev–Trinajstić information content (AvgIpc) is 3.01. The minimum absolute atomic E-state index is 0.00655. The van der Waals surface area contributed by atoms with Gasteiger partial charge in [-0.15, -0.1) is 0 Å². The highest BCUT2D eigenvalue weighted by atomic mass is 16.5. The van der Waals surface area contributed by atoms with Crippen LogP contribution in [0.1, 0.15) is 28.5 Å². The highest BCUT2D eigenvalue weighted by Crippen LogP contribution is 2.17. The van der Waals surface area contributed by atoms with Crippen molar-refractivity contribution in [2.45, 2.75) is 20.8 Å². The Kier molecular flexibility index (Phi) is 5.57. The van der Waals surface area contributed by atoms with Crippen molar-refractivity contribution >= 4 is 17.9 Å². The summed E-state index contributed by atoms with van der Waals surface area (Å²) >= 11 is 0. The number of oxazole rings is 1. The molecule has 24 heavy (non-hydrogen) atoms. The van der Waals surface area contributed by atoms with Gasteiger partial charge in [-0.1, -0.05) is 6.07 Å². The number of esters is 1. The molecule has 1 heterocycles. The third kappa shape index (κ3) is 4.34. The number of nitrogens with zero attached hydrogens (tertiary/aromatic N) is 2. The fraction of sp³-hybridized carbons (Fsp3) is 0.353. The van der Waals surface area contributed by atoms with Crippen LogP contribution in [0.4, 0.5) is 6.01 Å². The van der Waals surface area contributed by atoms with Crippen molar-refractivity contribution in [1.29, 1.82) is 0 Å². The number of hydrogen-bond donors (Lipinski definition) is 0. The normalized spacial score (nSPS) is 10.3. The average molecular weight is 332 g/mol. The van der Waals surface area contributed by atoms with Crippen LogP contribution in [0.5, 0.6) is 5.75 Å². The molecule has 0 N–H and O–H groups in total. The number of ether oxygens (including phenoxy) is 2. The molecule has 0 spiro atoms. The van der Waals surface area contributed by atoms with Gasteiger partial charge in [-0.05, 0) is 44.0 Å². The zero-order valence-corrected chi connectivity index (χ0v) is 14.2. The smallest absolute Gasteiger partial charge is 0.360 e. The Hall–Kier alpha value is -2.83. The van der Waals surface area contributed by atoms with Gasteiger partial charge in [-0.3, -0.25) is 9.69 Å². The van der Waals surface area contributed by atoms with Crippen LogP contribution in [0.3, 0.4) is 0 Å². The fourth-order valence-electron chi connectivity index (χ4n) is 2.08. The van der Waals surface area contributed by atoms with Crippen molar-refractivity contribution in [3.8, 4) is 5.75 Å². The lowest BCUT2D eigenvalue weighted by molar-refractivity contribution is -0.120. The zero-order valence-electron chi connectivity index (χ0n) is 14.2. The minimum Gasteiger partial charge on any atom is -0.484 e. The van der Waals surface area contributed by atoms with Crippen molar-refractivity contribution in [2.24, 2.45) is 0 Å². The van der Waals surface area contributed by atoms with Crippen LogP contribution >= 0.6 is 0 Å². The van der Waals surface area contributed by atoms with Crippen LogP contribution in [0.15, 0.2) is 28.9 Å². The van der Waals surface area contributed by atoms with E-state index in [-0.39, 0.29) is 30.8 Å². The molecule has 0 saturated carbocycles. The summed E-state index contributed by atoms with van der Waals surface area (Å²) in [5.74, 6) is -0.333. The first-order chi connectivity index (χ1) is 11.4. The van der Waals surface area contributed by atoms with Gasteiger partial charge in [-0.25, -0.2) is 4.79 Å². The van der Waals surface area contributed by atoms with Gasteiger partial charge in [0.2, 0.25) is 0 Å². The molecular formula is C17H20N2O5. The first-order valence-electron chi connectivity index (χ1n) is 7.51. The predicted molar refractivity (Wildman–Crippen MR) is 87.3 cm³/mol. The summed E-state index contributed by atoms with van der Waals surface area (Å²) in [4.78, 5) is 28.9. The molecule has 0 atom stereocenters. The summed E-state index contributed by atoms with van der Waals surface area (Å²) in [6.45, 7) is 5.67. The standard InChI is InChI=1S/C17H20N2O5/c1-5-22-16(21)14-9-24-17(18-14)19(4)15(20)10-23-13-7-11(2)6-12(3)8-13/h6-9H,5,10H2,1-4H3. The molecule has 0 fully saturated rings. The van der Waals surface area contributed by atoms with Gasteiger partial charge in [0.15, 0.2) is 12.3 Å². The third-order valence-electron chi connectivity index (χ3n) is 3.20. The summed E-state index contributed by atoms with van der Waals surface area (Å²) in [5, 5.41) is 0. The van der Waals surface area contributed by atoms with Crippen molar-refractivity contribution in [1.82, 2.24) is 4.98 Å². The van der Waals surface area contributed by atoms with E-state index < -0.39 is 5.97 Å². The maximum Gasteiger partial charge on any atom is 0.360 e. The van der Waals surface area contributed by atoms with Crippen LogP contribution in [0.2, 0.25) is 0 Å². The highest BCUT2D eigenvalue weighted by Gasteiger charge is 2.20. The van der Waals surface area contributed by atoms with Crippen LogP contribution in [-0.4, -0.2) is 37.1 Å². The van der Waals surface area contributed by atoms with Gasteiger partial charge in [0.05, 0.1) is 6.61 Å². The van der Waals surface area contributed by atoms with Gasteiger partial charge in [-0.2, -0.15) is 4.98 Å². The summed E-state index contributed by atoms with van der Waals surface area (Å²) < 4.78 is 15.5. The number of benzene rings is 1. The molecule has 0 aliphatic rings. The molecule has 0 unspecified atom stereocenters. The van der Waals surface area contributed by atoms with Crippen LogP contribution in [0, 0.1) is 13.8 Å². The van der Waals surface area contributed by atoms with Crippen molar-refractivity contribution < 1.29 is 23.5 Å². The van der Waals surface area contributed by atoms with Crippen molar-refractivity contribution in [2.75, 3.05) is 25.2 Å². The molecule has 0 aliphatic heterocycles. The molecule has 1 aromatic heterocycles. The van der Waals surface area contributed by atoms with E-state index in [1.165, 1.54) is 11.9 Å². The Morgan fingerprint density at radius 1 is 1.21 bits per heavy atom. The molecule has 1 amide bonds. The minimum atomic E-state index is -0.597. The Bertz CT molecular complexity index is 718. The zero-order chi connectivity index (χ0) is 17.7. The third-order valence-corrected chi connectivity index (χ3v) is 3.20. The number of carbonyl (C=O) groups is 2. The second-order valence-electron chi connectivity index (χ2n) is 5.30. The summed E-state index contributed by atoms with van der Waals surface area (Å²) in [6, 6.07) is 5.73. The topological polar surface area (TPSA) is 81.9 Å². The van der Waals surface area contributed by atoms with Crippen LogP contribution < -0.4 is 9.64 Å². The molecule has 7 nitrogen and oxygen atoms in total. The van der Waals surface area contributed by atoms with Crippen molar-refractivity contribution in [3.63, 3.8) is 0 Å². The molecule has 1 aromatic carbocycles. The predicted octanol–water partition coefficient (Wildman–Crippen LogP) is 2.51. The lowest BCUT2D eigenvalue weighted by Crippen LogP contribution is -2.31. The molecule has 2 aromatic rings. The number of amides is 1. The number of carbonyl (C=O) groups excluding carboxylic acids is 2. The first kappa shape index (κ1) is 17.5. The quantitative estimate of drug-likeness (QED) is 0.756.